The van der Waals surface area contributed by atoms with Crippen LogP contribution < -0.4 is 0 Å². The summed E-state index contributed by atoms with van der Waals surface area (Å²) in [6, 6.07) is 45.1. The second-order valence-electron chi connectivity index (χ2n) is 26.0. The van der Waals surface area contributed by atoms with E-state index in [1.165, 1.54) is 0 Å². The SMILES string of the molecule is CCC1OC(OC2[C@H](O[C@@H]3C(C)[C@H](OC4[C@@H](C)C(C)O[C@@H](O[C@H]5[C@@H]6OC(c7ccccc7)OCC6OC(OCN=[N+]=[N-])[C@H]5OC(=O)c5ccccc5)[C@H]4OC(=O)c4ccccc4)OC4COC(c5ccccc5)O[C@H]43)OC3COC(c4ccccc4)O[C@H]3[C@@H]2O)[C@H](C)[C@@H](C)[C@@H]1C. The first kappa shape index (κ1) is 68.2. The number of nitrogens with zero attached hydrogens (tertiary/aromatic N) is 3. The van der Waals surface area contributed by atoms with E-state index in [4.69, 9.17) is 85.3 Å². The Bertz CT molecular complexity index is 3370. The van der Waals surface area contributed by atoms with E-state index >= 15 is 0 Å². The van der Waals surface area contributed by atoms with Crippen molar-refractivity contribution in [3.05, 3.63) is 190 Å². The topological polar surface area (TPSA) is 269 Å². The molecule has 24 nitrogen and oxygen atoms in total. The Labute approximate surface area is 557 Å². The van der Waals surface area contributed by atoms with Gasteiger partial charge in [-0.25, -0.2) is 9.59 Å². The van der Waals surface area contributed by atoms with E-state index in [0.29, 0.717) is 5.56 Å². The molecule has 13 rings (SSSR count). The first-order valence-corrected chi connectivity index (χ1v) is 33.4. The molecule has 1 N–H and O–H groups in total. The van der Waals surface area contributed by atoms with Crippen LogP contribution in [0, 0.1) is 29.6 Å². The van der Waals surface area contributed by atoms with Gasteiger partial charge in [0.1, 0.15) is 67.8 Å². The standard InChI is InChI=1S/C72H85N3O21/c1-8-49-39(3)38(2)40(4)65(84-49)95-59-53(76)56-50(34-79-67(92-56)46-28-18-11-19-29-46)87-71(59)91-55-42(6)66(85-51-35-80-68(93-57(51)55)47-30-20-12-21-31-47)90-54-41(5)43(7)83-72(61(54)88-63(77)44-24-14-9-15-25-44)96-60-58-52(36-81-69(94-58)48-32-22-13-23-33-48)86-70(82-37-74-75-73)62(60)89-64(78)45-26-16-10-17-27-45/h9-33,38-43,49-62,65-72,76H,8,34-37H2,1-7H3/t38-,39-,40+,41-,42?,43?,49?,50?,51?,52?,53-,54?,55+,56+,57+,58+,59?,60-,61-,62-,65?,66-,67?,68?,69?,70?,71-,72-/m0/s1. The number of carbonyl (C=O) groups excluding carboxylic acids is 2. The molecule has 13 unspecified atom stereocenters. The summed E-state index contributed by atoms with van der Waals surface area (Å²) in [6.45, 7) is 13.7. The molecule has 96 heavy (non-hydrogen) atoms. The van der Waals surface area contributed by atoms with Crippen molar-refractivity contribution in [3.63, 3.8) is 0 Å². The van der Waals surface area contributed by atoms with Crippen LogP contribution in [0.2, 0.25) is 0 Å². The van der Waals surface area contributed by atoms with Crippen LogP contribution in [0.1, 0.15) is 111 Å². The fraction of sp³-hybridized carbons (Fsp3) is 0.556. The Kier molecular flexibility index (Phi) is 21.9. The van der Waals surface area contributed by atoms with Crippen LogP contribution >= 0.6 is 0 Å². The van der Waals surface area contributed by atoms with Gasteiger partial charge in [-0.1, -0.05) is 174 Å². The Morgan fingerprint density at radius 1 is 0.448 bits per heavy atom. The fourth-order valence-electron chi connectivity index (χ4n) is 14.1. The molecule has 514 valence electrons. The van der Waals surface area contributed by atoms with Crippen molar-refractivity contribution in [1.82, 2.24) is 0 Å². The summed E-state index contributed by atoms with van der Waals surface area (Å²) in [5, 5.41) is 16.5. The van der Waals surface area contributed by atoms with Gasteiger partial charge < -0.3 is 90.4 Å². The third-order valence-electron chi connectivity index (χ3n) is 20.1. The third-order valence-corrected chi connectivity index (χ3v) is 20.1. The largest absolute Gasteiger partial charge is 0.451 e. The van der Waals surface area contributed by atoms with Crippen LogP contribution in [0.3, 0.4) is 0 Å². The first-order chi connectivity index (χ1) is 46.7. The van der Waals surface area contributed by atoms with Crippen LogP contribution in [0.15, 0.2) is 157 Å². The maximum absolute atomic E-state index is 14.8. The molecule has 8 saturated heterocycles. The lowest BCUT2D eigenvalue weighted by atomic mass is 9.78. The zero-order chi connectivity index (χ0) is 66.6. The van der Waals surface area contributed by atoms with Crippen molar-refractivity contribution in [1.29, 1.82) is 0 Å². The predicted octanol–water partition coefficient (Wildman–Crippen LogP) is 10.2. The molecule has 0 aromatic heterocycles. The van der Waals surface area contributed by atoms with Gasteiger partial charge in [0, 0.05) is 39.4 Å². The first-order valence-electron chi connectivity index (χ1n) is 33.4. The molecule has 0 saturated carbocycles. The zero-order valence-corrected chi connectivity index (χ0v) is 54.6. The normalized spacial score (nSPS) is 39.9. The van der Waals surface area contributed by atoms with Gasteiger partial charge in [0.25, 0.3) is 0 Å². The number of fused-ring (bicyclic) bond motifs is 3. The van der Waals surface area contributed by atoms with E-state index in [1.807, 2.05) is 112 Å². The van der Waals surface area contributed by atoms with Crippen molar-refractivity contribution in [2.24, 2.45) is 34.7 Å². The summed E-state index contributed by atoms with van der Waals surface area (Å²) in [4.78, 5) is 32.0. The van der Waals surface area contributed by atoms with Crippen LogP contribution in [0.5, 0.6) is 0 Å². The lowest BCUT2D eigenvalue weighted by molar-refractivity contribution is -0.419. The number of hydrogen-bond acceptors (Lipinski definition) is 22. The Hall–Kier alpha value is -6.33. The summed E-state index contributed by atoms with van der Waals surface area (Å²) in [6.07, 6.45) is -23.2. The number of esters is 2. The molecule has 8 fully saturated rings. The van der Waals surface area contributed by atoms with Crippen LogP contribution in [0.4, 0.5) is 0 Å². The van der Waals surface area contributed by atoms with Gasteiger partial charge >= 0.3 is 11.9 Å². The molecule has 0 aliphatic carbocycles. The molecule has 8 aliphatic rings. The minimum atomic E-state index is -1.52. The van der Waals surface area contributed by atoms with Crippen molar-refractivity contribution in [2.75, 3.05) is 26.6 Å². The number of ether oxygens (including phenoxy) is 18. The van der Waals surface area contributed by atoms with Gasteiger partial charge in [-0.2, -0.15) is 0 Å². The number of azide groups is 1. The summed E-state index contributed by atoms with van der Waals surface area (Å²) in [5.41, 5.74) is 12.0. The lowest BCUT2D eigenvalue weighted by Gasteiger charge is -2.54. The van der Waals surface area contributed by atoms with Crippen LogP contribution in [0.25, 0.3) is 10.4 Å². The molecule has 24 heteroatoms. The molecule has 5 aromatic rings. The molecular weight excluding hydrogens is 1240 g/mol. The summed E-state index contributed by atoms with van der Waals surface area (Å²) in [5.74, 6) is -2.51. The Morgan fingerprint density at radius 2 is 0.865 bits per heavy atom. The number of aliphatic hydroxyl groups is 1. The minimum absolute atomic E-state index is 0.0177. The summed E-state index contributed by atoms with van der Waals surface area (Å²) < 4.78 is 122. The van der Waals surface area contributed by atoms with E-state index < -0.39 is 166 Å². The van der Waals surface area contributed by atoms with Crippen LogP contribution in [-0.2, 0) is 85.3 Å². The quantitative estimate of drug-likeness (QED) is 0.0348. The Morgan fingerprint density at radius 3 is 1.39 bits per heavy atom. The van der Waals surface area contributed by atoms with Gasteiger partial charge in [0.2, 0.25) is 0 Å². The number of aliphatic hydroxyl groups excluding tert-OH is 1. The molecule has 0 bridgehead atoms. The molecule has 8 heterocycles. The molecule has 0 radical (unpaired) electrons. The van der Waals surface area contributed by atoms with Gasteiger partial charge in [-0.15, -0.1) is 0 Å². The van der Waals surface area contributed by atoms with E-state index in [2.05, 4.69) is 37.7 Å². The molecule has 0 amide bonds. The van der Waals surface area contributed by atoms with Gasteiger partial charge in [-0.3, -0.25) is 0 Å². The highest BCUT2D eigenvalue weighted by atomic mass is 16.8. The van der Waals surface area contributed by atoms with Crippen molar-refractivity contribution in [2.45, 2.75) is 197 Å². The smallest absolute Gasteiger partial charge is 0.338 e. The third kappa shape index (κ3) is 14.7. The molecule has 8 aliphatic heterocycles. The molecule has 0 spiro atoms. The van der Waals surface area contributed by atoms with E-state index in [1.54, 1.807) is 60.7 Å². The number of benzene rings is 5. The monoisotopic (exact) mass is 1330 g/mol. The maximum atomic E-state index is 14.8. The van der Waals surface area contributed by atoms with Crippen LogP contribution in [-0.4, -0.2) is 167 Å². The van der Waals surface area contributed by atoms with Crippen molar-refractivity contribution >= 4 is 11.9 Å². The minimum Gasteiger partial charge on any atom is -0.451 e. The molecule has 5 aromatic carbocycles. The number of hydrogen-bond donors (Lipinski definition) is 1. The predicted molar refractivity (Wildman–Crippen MR) is 337 cm³/mol. The number of rotatable bonds is 19. The van der Waals surface area contributed by atoms with E-state index in [0.717, 1.165) is 17.5 Å². The van der Waals surface area contributed by atoms with Gasteiger partial charge in [0.15, 0.2) is 62.5 Å². The van der Waals surface area contributed by atoms with Gasteiger partial charge in [0.05, 0.1) is 49.3 Å². The Balaban J connectivity index is 0.854. The lowest BCUT2D eigenvalue weighted by Crippen LogP contribution is -2.68. The van der Waals surface area contributed by atoms with E-state index in [9.17, 15) is 20.2 Å². The number of carbonyl (C=O) groups is 2. The van der Waals surface area contributed by atoms with Crippen molar-refractivity contribution < 1.29 is 100.0 Å². The fourth-order valence-corrected chi connectivity index (χ4v) is 14.1. The second kappa shape index (κ2) is 30.8. The highest BCUT2D eigenvalue weighted by Crippen LogP contribution is 2.47. The average molecular weight is 1330 g/mol. The maximum Gasteiger partial charge on any atom is 0.338 e. The molecule has 28 atom stereocenters. The second-order valence-corrected chi connectivity index (χ2v) is 26.0. The summed E-state index contributed by atoms with van der Waals surface area (Å²) in [7, 11) is 0. The van der Waals surface area contributed by atoms with Crippen molar-refractivity contribution in [3.8, 4) is 0 Å². The van der Waals surface area contributed by atoms with E-state index in [-0.39, 0.29) is 54.8 Å². The highest BCUT2D eigenvalue weighted by Gasteiger charge is 2.60. The summed E-state index contributed by atoms with van der Waals surface area (Å²) >= 11 is 0. The van der Waals surface area contributed by atoms with Gasteiger partial charge in [-0.05, 0) is 55.0 Å². The molecular formula is C72H85N3O21. The zero-order valence-electron chi connectivity index (χ0n) is 54.6. The average Bonchev–Trinajstić information content (AvgIpc) is 0.763. The highest BCUT2D eigenvalue weighted by molar-refractivity contribution is 5.90.